The zero-order valence-corrected chi connectivity index (χ0v) is 13.7. The number of hydrogen-bond acceptors (Lipinski definition) is 5. The monoisotopic (exact) mass is 349 g/mol. The molecule has 0 spiro atoms. The van der Waals surface area contributed by atoms with Gasteiger partial charge in [0.15, 0.2) is 5.76 Å². The van der Waals surface area contributed by atoms with Crippen LogP contribution in [0, 0.1) is 12.3 Å². The maximum Gasteiger partial charge on any atom is 0.313 e. The van der Waals surface area contributed by atoms with Gasteiger partial charge in [0.2, 0.25) is 5.82 Å². The number of carbonyl (C=O) groups excluding carboxylic acids is 2. The van der Waals surface area contributed by atoms with E-state index in [1.165, 1.54) is 6.26 Å². The van der Waals surface area contributed by atoms with E-state index in [4.69, 9.17) is 10.8 Å². The number of aromatic nitrogens is 3. The molecule has 2 aromatic heterocycles. The molecule has 0 aliphatic rings. The highest BCUT2D eigenvalue weighted by Gasteiger charge is 2.14. The molecule has 2 amide bonds. The van der Waals surface area contributed by atoms with E-state index >= 15 is 0 Å². The number of rotatable bonds is 5. The molecule has 8 heteroatoms. The summed E-state index contributed by atoms with van der Waals surface area (Å²) in [5.41, 5.74) is 1.07. The highest BCUT2D eigenvalue weighted by Crippen LogP contribution is 2.14. The van der Waals surface area contributed by atoms with Crippen molar-refractivity contribution in [2.45, 2.75) is 6.42 Å². The lowest BCUT2D eigenvalue weighted by molar-refractivity contribution is -0.136. The number of carbonyl (C=O) groups is 2. The van der Waals surface area contributed by atoms with Crippen molar-refractivity contribution in [1.82, 2.24) is 20.5 Å². The molecule has 0 aliphatic carbocycles. The van der Waals surface area contributed by atoms with Crippen LogP contribution < -0.4 is 10.6 Å². The minimum Gasteiger partial charge on any atom is -0.461 e. The molecule has 130 valence electrons. The van der Waals surface area contributed by atoms with Gasteiger partial charge in [-0.15, -0.1) is 6.42 Å². The predicted octanol–water partition coefficient (Wildman–Crippen LogP) is 1.34. The topological polar surface area (TPSA) is 113 Å². The first-order valence-corrected chi connectivity index (χ1v) is 7.76. The van der Waals surface area contributed by atoms with Gasteiger partial charge in [-0.25, -0.2) is 4.98 Å². The van der Waals surface area contributed by atoms with Gasteiger partial charge in [-0.3, -0.25) is 14.7 Å². The number of benzene rings is 1. The third-order valence-electron chi connectivity index (χ3n) is 3.41. The number of nitrogens with one attached hydrogen (secondary N) is 3. The number of nitrogens with zero attached hydrogens (tertiary/aromatic N) is 2. The van der Waals surface area contributed by atoms with Crippen molar-refractivity contribution in [1.29, 1.82) is 0 Å². The van der Waals surface area contributed by atoms with Gasteiger partial charge in [0.05, 0.1) is 6.26 Å². The lowest BCUT2D eigenvalue weighted by Crippen LogP contribution is -2.36. The Hall–Kier alpha value is -3.86. The summed E-state index contributed by atoms with van der Waals surface area (Å²) < 4.78 is 5.20. The Labute approximate surface area is 149 Å². The van der Waals surface area contributed by atoms with Crippen LogP contribution in [0.5, 0.6) is 0 Å². The second-order valence-corrected chi connectivity index (χ2v) is 5.27. The van der Waals surface area contributed by atoms with Crippen LogP contribution in [-0.4, -0.2) is 33.5 Å². The second-order valence-electron chi connectivity index (χ2n) is 5.27. The van der Waals surface area contributed by atoms with Crippen molar-refractivity contribution in [3.63, 3.8) is 0 Å². The Morgan fingerprint density at radius 1 is 1.23 bits per heavy atom. The van der Waals surface area contributed by atoms with Crippen LogP contribution in [0.3, 0.4) is 0 Å². The third kappa shape index (κ3) is 4.15. The van der Waals surface area contributed by atoms with Gasteiger partial charge < -0.3 is 15.1 Å². The summed E-state index contributed by atoms with van der Waals surface area (Å²) in [7, 11) is 0. The van der Waals surface area contributed by atoms with Crippen molar-refractivity contribution in [3.05, 3.63) is 54.0 Å². The SMILES string of the molecule is C#Cc1cccc(NC(=O)C(=O)NCCc2nc(-c3ccco3)n[nH]2)c1. The van der Waals surface area contributed by atoms with E-state index in [2.05, 4.69) is 31.7 Å². The van der Waals surface area contributed by atoms with Gasteiger partial charge >= 0.3 is 11.8 Å². The molecule has 3 N–H and O–H groups in total. The number of terminal acetylenes is 1. The Balaban J connectivity index is 1.48. The van der Waals surface area contributed by atoms with Crippen molar-refractivity contribution < 1.29 is 14.0 Å². The normalized spacial score (nSPS) is 10.1. The quantitative estimate of drug-likeness (QED) is 0.475. The van der Waals surface area contributed by atoms with E-state index in [-0.39, 0.29) is 6.54 Å². The minimum atomic E-state index is -0.770. The fourth-order valence-corrected chi connectivity index (χ4v) is 2.17. The highest BCUT2D eigenvalue weighted by molar-refractivity contribution is 6.39. The standard InChI is InChI=1S/C18H15N5O3/c1-2-12-5-3-6-13(11-12)20-18(25)17(24)19-9-8-15-21-16(23-22-15)14-7-4-10-26-14/h1,3-7,10-11H,8-9H2,(H,19,24)(H,20,25)(H,21,22,23). The van der Waals surface area contributed by atoms with Crippen LogP contribution in [0.1, 0.15) is 11.4 Å². The largest absolute Gasteiger partial charge is 0.461 e. The van der Waals surface area contributed by atoms with Crippen LogP contribution in [0.15, 0.2) is 47.1 Å². The molecular formula is C18H15N5O3. The van der Waals surface area contributed by atoms with E-state index in [0.717, 1.165) is 0 Å². The first kappa shape index (κ1) is 17.0. The molecule has 3 rings (SSSR count). The summed E-state index contributed by atoms with van der Waals surface area (Å²) in [6.45, 7) is 0.226. The van der Waals surface area contributed by atoms with Gasteiger partial charge in [-0.1, -0.05) is 12.0 Å². The van der Waals surface area contributed by atoms with Crippen molar-refractivity contribution in [2.75, 3.05) is 11.9 Å². The van der Waals surface area contributed by atoms with Crippen molar-refractivity contribution in [2.24, 2.45) is 0 Å². The molecule has 0 saturated heterocycles. The van der Waals surface area contributed by atoms with Crippen molar-refractivity contribution >= 4 is 17.5 Å². The molecule has 2 heterocycles. The number of amides is 2. The summed E-state index contributed by atoms with van der Waals surface area (Å²) in [5, 5.41) is 11.8. The summed E-state index contributed by atoms with van der Waals surface area (Å²) in [4.78, 5) is 28.0. The molecule has 0 atom stereocenters. The molecule has 1 aromatic carbocycles. The molecule has 0 bridgehead atoms. The van der Waals surface area contributed by atoms with Crippen LogP contribution >= 0.6 is 0 Å². The summed E-state index contributed by atoms with van der Waals surface area (Å²) >= 11 is 0. The highest BCUT2D eigenvalue weighted by atomic mass is 16.3. The third-order valence-corrected chi connectivity index (χ3v) is 3.41. The number of furan rings is 1. The average Bonchev–Trinajstić information content (AvgIpc) is 3.33. The molecule has 0 fully saturated rings. The van der Waals surface area contributed by atoms with E-state index in [1.807, 2.05) is 0 Å². The first-order valence-electron chi connectivity index (χ1n) is 7.76. The average molecular weight is 349 g/mol. The van der Waals surface area contributed by atoms with Crippen LogP contribution in [-0.2, 0) is 16.0 Å². The minimum absolute atomic E-state index is 0.226. The zero-order chi connectivity index (χ0) is 18.4. The van der Waals surface area contributed by atoms with Gasteiger partial charge in [0.25, 0.3) is 0 Å². The second kappa shape index (κ2) is 7.81. The van der Waals surface area contributed by atoms with Gasteiger partial charge in [-0.2, -0.15) is 5.10 Å². The van der Waals surface area contributed by atoms with Gasteiger partial charge in [0, 0.05) is 24.2 Å². The number of hydrogen-bond donors (Lipinski definition) is 3. The van der Waals surface area contributed by atoms with Crippen LogP contribution in [0.2, 0.25) is 0 Å². The predicted molar refractivity (Wildman–Crippen MR) is 93.8 cm³/mol. The molecule has 26 heavy (non-hydrogen) atoms. The molecule has 3 aromatic rings. The molecule has 0 radical (unpaired) electrons. The van der Waals surface area contributed by atoms with Crippen LogP contribution in [0.25, 0.3) is 11.6 Å². The molecule has 0 unspecified atom stereocenters. The summed E-state index contributed by atoms with van der Waals surface area (Å²) in [6.07, 6.45) is 7.22. The molecule has 0 saturated carbocycles. The maximum atomic E-state index is 11.9. The molecule has 8 nitrogen and oxygen atoms in total. The van der Waals surface area contributed by atoms with E-state index < -0.39 is 11.8 Å². The van der Waals surface area contributed by atoms with Crippen LogP contribution in [0.4, 0.5) is 5.69 Å². The fourth-order valence-electron chi connectivity index (χ4n) is 2.17. The lowest BCUT2D eigenvalue weighted by atomic mass is 10.2. The number of H-pyrrole nitrogens is 1. The van der Waals surface area contributed by atoms with E-state index in [0.29, 0.717) is 35.1 Å². The molecular weight excluding hydrogens is 334 g/mol. The van der Waals surface area contributed by atoms with Crippen molar-refractivity contribution in [3.8, 4) is 23.9 Å². The summed E-state index contributed by atoms with van der Waals surface area (Å²) in [6, 6.07) is 10.2. The Bertz CT molecular complexity index is 953. The zero-order valence-electron chi connectivity index (χ0n) is 13.7. The number of anilines is 1. The Morgan fingerprint density at radius 3 is 2.88 bits per heavy atom. The summed E-state index contributed by atoms with van der Waals surface area (Å²) in [5.74, 6) is 2.49. The maximum absolute atomic E-state index is 11.9. The van der Waals surface area contributed by atoms with Gasteiger partial charge in [-0.05, 0) is 30.3 Å². The Morgan fingerprint density at radius 2 is 2.12 bits per heavy atom. The van der Waals surface area contributed by atoms with E-state index in [9.17, 15) is 9.59 Å². The Kier molecular flexibility index (Phi) is 5.10. The first-order chi connectivity index (χ1) is 12.7. The lowest BCUT2D eigenvalue weighted by Gasteiger charge is -2.06. The number of aromatic amines is 1. The smallest absolute Gasteiger partial charge is 0.313 e. The fraction of sp³-hybridized carbons (Fsp3) is 0.111. The van der Waals surface area contributed by atoms with E-state index in [1.54, 1.807) is 36.4 Å². The van der Waals surface area contributed by atoms with Gasteiger partial charge in [0.1, 0.15) is 5.82 Å². The molecule has 0 aliphatic heterocycles.